The summed E-state index contributed by atoms with van der Waals surface area (Å²) in [6, 6.07) is 16.5. The highest BCUT2D eigenvalue weighted by Crippen LogP contribution is 2.24. The van der Waals surface area contributed by atoms with E-state index in [9.17, 15) is 0 Å². The van der Waals surface area contributed by atoms with Crippen LogP contribution in [0.3, 0.4) is 0 Å². The number of hydrogen-bond acceptors (Lipinski definition) is 4. The van der Waals surface area contributed by atoms with E-state index in [1.165, 1.54) is 19.4 Å². The number of nitrogens with zero attached hydrogens (tertiary/aromatic N) is 3. The third-order valence-electron chi connectivity index (χ3n) is 5.25. The van der Waals surface area contributed by atoms with Crippen molar-refractivity contribution in [2.24, 2.45) is 0 Å². The summed E-state index contributed by atoms with van der Waals surface area (Å²) in [5.74, 6) is 1.45. The molecule has 1 fully saturated rings. The average molecular weight is 382 g/mol. The van der Waals surface area contributed by atoms with E-state index in [0.29, 0.717) is 24.9 Å². The Bertz CT molecular complexity index is 913. The maximum Gasteiger partial charge on any atom is 0.224 e. The van der Waals surface area contributed by atoms with Crippen molar-refractivity contribution >= 4 is 22.5 Å². The number of rotatable bonds is 6. The van der Waals surface area contributed by atoms with Gasteiger partial charge in [0.1, 0.15) is 5.82 Å². The van der Waals surface area contributed by atoms with Gasteiger partial charge in [-0.3, -0.25) is 0 Å². The Balaban J connectivity index is 1.53. The van der Waals surface area contributed by atoms with Crippen LogP contribution >= 0.6 is 11.6 Å². The Morgan fingerprint density at radius 1 is 1.11 bits per heavy atom. The Labute approximate surface area is 165 Å². The van der Waals surface area contributed by atoms with Gasteiger partial charge in [0.2, 0.25) is 5.88 Å². The van der Waals surface area contributed by atoms with Gasteiger partial charge < -0.3 is 9.64 Å². The van der Waals surface area contributed by atoms with Gasteiger partial charge in [0, 0.05) is 17.5 Å². The first kappa shape index (κ1) is 18.2. The van der Waals surface area contributed by atoms with Gasteiger partial charge in [-0.25, -0.2) is 4.98 Å². The summed E-state index contributed by atoms with van der Waals surface area (Å²) >= 11 is 5.98. The number of fused-ring (bicyclic) bond motifs is 1. The molecule has 1 atom stereocenters. The van der Waals surface area contributed by atoms with Crippen molar-refractivity contribution in [3.05, 3.63) is 64.9 Å². The lowest BCUT2D eigenvalue weighted by molar-refractivity contribution is 0.230. The van der Waals surface area contributed by atoms with Crippen LogP contribution in [0.1, 0.15) is 30.7 Å². The van der Waals surface area contributed by atoms with Crippen molar-refractivity contribution in [1.29, 1.82) is 0 Å². The highest BCUT2D eigenvalue weighted by Gasteiger charge is 2.20. The van der Waals surface area contributed by atoms with Crippen molar-refractivity contribution in [2.45, 2.75) is 31.7 Å². The molecule has 2 aromatic carbocycles. The van der Waals surface area contributed by atoms with Crippen LogP contribution in [0.2, 0.25) is 5.02 Å². The molecule has 5 heteroatoms. The molecule has 1 aliphatic rings. The first-order valence-corrected chi connectivity index (χ1v) is 9.90. The lowest BCUT2D eigenvalue weighted by Gasteiger charge is -2.19. The monoisotopic (exact) mass is 381 g/mol. The van der Waals surface area contributed by atoms with E-state index in [1.54, 1.807) is 0 Å². The standard InChI is InChI=1S/C22H24ClN3O/c1-26-13-4-5-18(26)12-14-27-22-19-6-2-3-7-20(19)24-21(25-22)15-16-8-10-17(23)11-9-16/h2-3,6-11,18H,4-5,12-15H2,1H3. The summed E-state index contributed by atoms with van der Waals surface area (Å²) in [7, 11) is 2.20. The van der Waals surface area contributed by atoms with Gasteiger partial charge in [0.15, 0.2) is 0 Å². The van der Waals surface area contributed by atoms with Crippen molar-refractivity contribution < 1.29 is 4.74 Å². The minimum Gasteiger partial charge on any atom is -0.477 e. The molecule has 4 rings (SSSR count). The number of halogens is 1. The van der Waals surface area contributed by atoms with Crippen LogP contribution in [0.4, 0.5) is 0 Å². The van der Waals surface area contributed by atoms with Gasteiger partial charge in [-0.05, 0) is 62.7 Å². The first-order valence-electron chi connectivity index (χ1n) is 9.52. The van der Waals surface area contributed by atoms with Crippen molar-refractivity contribution in [3.8, 4) is 5.88 Å². The minimum atomic E-state index is 0.617. The summed E-state index contributed by atoms with van der Waals surface area (Å²) in [5.41, 5.74) is 2.05. The third kappa shape index (κ3) is 4.40. The van der Waals surface area contributed by atoms with Crippen LogP contribution in [0.5, 0.6) is 5.88 Å². The molecule has 1 aromatic heterocycles. The van der Waals surface area contributed by atoms with Gasteiger partial charge in [-0.1, -0.05) is 35.9 Å². The lowest BCUT2D eigenvalue weighted by Crippen LogP contribution is -2.26. The highest BCUT2D eigenvalue weighted by atomic mass is 35.5. The summed E-state index contributed by atoms with van der Waals surface area (Å²) in [5, 5.41) is 1.70. The number of hydrogen-bond donors (Lipinski definition) is 0. The molecular weight excluding hydrogens is 358 g/mol. The molecule has 1 saturated heterocycles. The second-order valence-corrected chi connectivity index (χ2v) is 7.62. The highest BCUT2D eigenvalue weighted by molar-refractivity contribution is 6.30. The van der Waals surface area contributed by atoms with Crippen molar-refractivity contribution in [1.82, 2.24) is 14.9 Å². The van der Waals surface area contributed by atoms with Gasteiger partial charge in [-0.2, -0.15) is 4.98 Å². The van der Waals surface area contributed by atoms with Gasteiger partial charge in [-0.15, -0.1) is 0 Å². The van der Waals surface area contributed by atoms with Crippen LogP contribution in [0, 0.1) is 0 Å². The van der Waals surface area contributed by atoms with Crippen molar-refractivity contribution in [2.75, 3.05) is 20.2 Å². The molecule has 1 aliphatic heterocycles. The molecule has 27 heavy (non-hydrogen) atoms. The van der Waals surface area contributed by atoms with Gasteiger partial charge in [0.05, 0.1) is 17.5 Å². The zero-order chi connectivity index (χ0) is 18.6. The molecule has 0 aliphatic carbocycles. The predicted octanol–water partition coefficient (Wildman–Crippen LogP) is 4.74. The molecular formula is C22H24ClN3O. The van der Waals surface area contributed by atoms with Crippen LogP contribution in [0.25, 0.3) is 10.9 Å². The molecule has 0 amide bonds. The fourth-order valence-corrected chi connectivity index (χ4v) is 3.83. The van der Waals surface area contributed by atoms with Crippen LogP contribution in [-0.2, 0) is 6.42 Å². The molecule has 1 unspecified atom stereocenters. The average Bonchev–Trinajstić information content (AvgIpc) is 3.08. The fourth-order valence-electron chi connectivity index (χ4n) is 3.70. The smallest absolute Gasteiger partial charge is 0.224 e. The van der Waals surface area contributed by atoms with E-state index in [1.807, 2.05) is 48.5 Å². The summed E-state index contributed by atoms with van der Waals surface area (Å²) in [4.78, 5) is 11.9. The maximum atomic E-state index is 6.13. The largest absolute Gasteiger partial charge is 0.477 e. The molecule has 0 saturated carbocycles. The molecule has 0 bridgehead atoms. The van der Waals surface area contributed by atoms with E-state index in [4.69, 9.17) is 26.3 Å². The molecule has 4 nitrogen and oxygen atoms in total. The molecule has 0 N–H and O–H groups in total. The Morgan fingerprint density at radius 3 is 2.70 bits per heavy atom. The minimum absolute atomic E-state index is 0.617. The number of para-hydroxylation sites is 1. The van der Waals surface area contributed by atoms with Crippen LogP contribution in [0.15, 0.2) is 48.5 Å². The number of benzene rings is 2. The zero-order valence-electron chi connectivity index (χ0n) is 15.6. The van der Waals surface area contributed by atoms with Crippen molar-refractivity contribution in [3.63, 3.8) is 0 Å². The third-order valence-corrected chi connectivity index (χ3v) is 5.50. The molecule has 0 radical (unpaired) electrons. The molecule has 0 spiro atoms. The number of aromatic nitrogens is 2. The molecule has 140 valence electrons. The Hall–Kier alpha value is -2.17. The quantitative estimate of drug-likeness (QED) is 0.618. The summed E-state index contributed by atoms with van der Waals surface area (Å²) < 4.78 is 6.13. The fraction of sp³-hybridized carbons (Fsp3) is 0.364. The number of ether oxygens (including phenoxy) is 1. The van der Waals surface area contributed by atoms with Gasteiger partial charge >= 0.3 is 0 Å². The van der Waals surface area contributed by atoms with Crippen LogP contribution < -0.4 is 4.74 Å². The van der Waals surface area contributed by atoms with E-state index in [0.717, 1.165) is 33.7 Å². The van der Waals surface area contributed by atoms with E-state index < -0.39 is 0 Å². The van der Waals surface area contributed by atoms with E-state index in [2.05, 4.69) is 11.9 Å². The molecule has 2 heterocycles. The normalized spacial score (nSPS) is 17.5. The lowest BCUT2D eigenvalue weighted by atomic mass is 10.1. The van der Waals surface area contributed by atoms with E-state index >= 15 is 0 Å². The predicted molar refractivity (Wildman–Crippen MR) is 110 cm³/mol. The summed E-state index contributed by atoms with van der Waals surface area (Å²) in [6.07, 6.45) is 4.22. The zero-order valence-corrected chi connectivity index (χ0v) is 16.3. The maximum absolute atomic E-state index is 6.13. The van der Waals surface area contributed by atoms with Crippen LogP contribution in [-0.4, -0.2) is 41.1 Å². The number of likely N-dealkylation sites (tertiary alicyclic amines) is 1. The Kier molecular flexibility index (Phi) is 5.55. The van der Waals surface area contributed by atoms with Gasteiger partial charge in [0.25, 0.3) is 0 Å². The first-order chi connectivity index (χ1) is 13.2. The SMILES string of the molecule is CN1CCCC1CCOc1nc(Cc2ccc(Cl)cc2)nc2ccccc12. The van der Waals surface area contributed by atoms with E-state index in [-0.39, 0.29) is 0 Å². The topological polar surface area (TPSA) is 38.2 Å². The second-order valence-electron chi connectivity index (χ2n) is 7.18. The summed E-state index contributed by atoms with van der Waals surface area (Å²) in [6.45, 7) is 1.86. The Morgan fingerprint density at radius 2 is 1.93 bits per heavy atom. The second kappa shape index (κ2) is 8.24. The molecule has 3 aromatic rings.